The third-order valence-corrected chi connectivity index (χ3v) is 0. The van der Waals surface area contributed by atoms with E-state index in [9.17, 15) is 0 Å². The molecule has 0 heterocycles. The smallest absolute Gasteiger partial charge is 1.00 e. The average Bonchev–Trinajstić information content (AvgIpc) is 1.00. The molecule has 0 unspecified atom stereocenters. The summed E-state index contributed by atoms with van der Waals surface area (Å²) in [6.07, 6.45) is 0. The summed E-state index contributed by atoms with van der Waals surface area (Å²) in [6, 6.07) is 0. The molecule has 0 aliphatic carbocycles. The monoisotopic (exact) mass is 138 g/mol. The Morgan fingerprint density at radius 1 is 1.00 bits per heavy atom. The van der Waals surface area contributed by atoms with Crippen molar-refractivity contribution in [3.8, 4) is 0 Å². The van der Waals surface area contributed by atoms with Crippen LogP contribution in [0.15, 0.2) is 0 Å². The Morgan fingerprint density at radius 2 is 1.00 bits per heavy atom. The maximum Gasteiger partial charge on any atom is 2.00 e. The Labute approximate surface area is 94.8 Å². The SMILES string of the molecule is F.OO.[Ca+2].[Ca+2].[H-].[H-].[H-].[H-]. The van der Waals surface area contributed by atoms with E-state index in [1.54, 1.807) is 0 Å². The van der Waals surface area contributed by atoms with E-state index < -0.39 is 0 Å². The van der Waals surface area contributed by atoms with Gasteiger partial charge in [-0.25, -0.2) is 0 Å². The molecule has 5 heteroatoms. The third kappa shape index (κ3) is 21.7. The largest absolute Gasteiger partial charge is 2.00 e. The summed E-state index contributed by atoms with van der Waals surface area (Å²) >= 11 is 0. The fraction of sp³-hybridized carbons (Fsp3) is 0. The molecule has 0 amide bonds. The van der Waals surface area contributed by atoms with Gasteiger partial charge in [0.2, 0.25) is 0 Å². The van der Waals surface area contributed by atoms with Crippen LogP contribution in [-0.2, 0) is 0 Å². The van der Waals surface area contributed by atoms with Crippen LogP contribution in [0.4, 0.5) is 4.70 Å². The predicted molar refractivity (Wildman–Crippen MR) is 23.7 cm³/mol. The molecule has 0 aromatic heterocycles. The number of halogens is 1. The molecule has 0 bridgehead atoms. The molecule has 30 valence electrons. The van der Waals surface area contributed by atoms with E-state index in [0.29, 0.717) is 0 Å². The van der Waals surface area contributed by atoms with Crippen molar-refractivity contribution in [2.45, 2.75) is 0 Å². The average molecular weight is 138 g/mol. The minimum absolute atomic E-state index is 0. The van der Waals surface area contributed by atoms with Crippen LogP contribution in [0.2, 0.25) is 0 Å². The van der Waals surface area contributed by atoms with Gasteiger partial charge in [-0.3, -0.25) is 15.2 Å². The maximum atomic E-state index is 6.00. The Bertz CT molecular complexity index is 16.5. The predicted octanol–water partition coefficient (Wildman–Crippen LogP) is -0.142. The van der Waals surface area contributed by atoms with Crippen LogP contribution >= 0.6 is 0 Å². The van der Waals surface area contributed by atoms with Crippen LogP contribution < -0.4 is 0 Å². The molecule has 0 rings (SSSR count). The Kier molecular flexibility index (Phi) is 172. The standard InChI is InChI=1S/2Ca.FH.H2O2.4H/c;;;1-2;;;;/h;;1H;1-2H;;;;/q2*+2;;;4*-1. The first-order chi connectivity index (χ1) is 1.00. The summed E-state index contributed by atoms with van der Waals surface area (Å²) in [5, 5.41) is 12.0. The van der Waals surface area contributed by atoms with Crippen molar-refractivity contribution >= 4 is 75.5 Å². The van der Waals surface area contributed by atoms with Gasteiger partial charge >= 0.3 is 75.5 Å². The summed E-state index contributed by atoms with van der Waals surface area (Å²) in [6.45, 7) is 0. The van der Waals surface area contributed by atoms with Crippen molar-refractivity contribution in [2.24, 2.45) is 0 Å². The molecule has 0 aromatic carbocycles. The summed E-state index contributed by atoms with van der Waals surface area (Å²) in [4.78, 5) is 0. The molecule has 0 spiro atoms. The summed E-state index contributed by atoms with van der Waals surface area (Å²) in [7, 11) is 0. The van der Waals surface area contributed by atoms with Crippen LogP contribution in [0, 0.1) is 0 Å². The summed E-state index contributed by atoms with van der Waals surface area (Å²) < 4.78 is 0. The number of rotatable bonds is 0. The fourth-order valence-electron chi connectivity index (χ4n) is 0. The van der Waals surface area contributed by atoms with E-state index in [4.69, 9.17) is 10.5 Å². The van der Waals surface area contributed by atoms with Gasteiger partial charge in [-0.1, -0.05) is 0 Å². The second kappa shape index (κ2) is 32.7. The quantitative estimate of drug-likeness (QED) is 0.278. The zero-order valence-corrected chi connectivity index (χ0v) is 7.13. The molecule has 0 aromatic rings. The maximum absolute atomic E-state index is 6.00. The molecule has 2 N–H and O–H groups in total. The number of hydrogen-bond acceptors (Lipinski definition) is 2. The van der Waals surface area contributed by atoms with Gasteiger partial charge in [0.15, 0.2) is 0 Å². The molecular formula is H7Ca2FO2. The minimum Gasteiger partial charge on any atom is -1.00 e. The van der Waals surface area contributed by atoms with Crippen molar-refractivity contribution in [3.05, 3.63) is 0 Å². The summed E-state index contributed by atoms with van der Waals surface area (Å²) in [5.41, 5.74) is 0. The normalized spacial score (nSPS) is 1.20. The molecular weight excluding hydrogens is 131 g/mol. The van der Waals surface area contributed by atoms with E-state index in [-0.39, 0.29) is 85.9 Å². The van der Waals surface area contributed by atoms with E-state index in [2.05, 4.69) is 0 Å². The van der Waals surface area contributed by atoms with Crippen molar-refractivity contribution in [2.75, 3.05) is 0 Å². The van der Waals surface area contributed by atoms with Gasteiger partial charge in [0.25, 0.3) is 0 Å². The van der Waals surface area contributed by atoms with Crippen molar-refractivity contribution < 1.29 is 20.9 Å². The van der Waals surface area contributed by atoms with Gasteiger partial charge < -0.3 is 5.71 Å². The van der Waals surface area contributed by atoms with E-state index in [1.165, 1.54) is 0 Å². The first-order valence-corrected chi connectivity index (χ1v) is 0.200. The van der Waals surface area contributed by atoms with Crippen molar-refractivity contribution in [1.82, 2.24) is 0 Å². The molecule has 2 nitrogen and oxygen atoms in total. The Balaban J connectivity index is -0.000000000238. The first-order valence-electron chi connectivity index (χ1n) is 0.200. The Hall–Kier alpha value is 2.37. The van der Waals surface area contributed by atoms with Crippen LogP contribution in [0.3, 0.4) is 0 Å². The zero-order chi connectivity index (χ0) is 2.00. The second-order valence-corrected chi connectivity index (χ2v) is 0. The van der Waals surface area contributed by atoms with E-state index in [1.807, 2.05) is 0 Å². The molecule has 0 fully saturated rings. The molecule has 5 heavy (non-hydrogen) atoms. The zero-order valence-electron chi connectivity index (χ0n) is 6.72. The molecule has 0 atom stereocenters. The van der Waals surface area contributed by atoms with Gasteiger partial charge in [-0.15, -0.1) is 0 Å². The van der Waals surface area contributed by atoms with Crippen LogP contribution in [0.1, 0.15) is 5.71 Å². The molecule has 0 aliphatic rings. The topological polar surface area (TPSA) is 40.5 Å². The Morgan fingerprint density at radius 3 is 1.00 bits per heavy atom. The first kappa shape index (κ1) is 26.3. The van der Waals surface area contributed by atoms with E-state index >= 15 is 0 Å². The van der Waals surface area contributed by atoms with Gasteiger partial charge in [0.05, 0.1) is 0 Å². The number of hydrogen-bond donors (Lipinski definition) is 2. The minimum atomic E-state index is 0. The van der Waals surface area contributed by atoms with Gasteiger partial charge in [-0.05, 0) is 0 Å². The van der Waals surface area contributed by atoms with E-state index in [0.717, 1.165) is 0 Å². The van der Waals surface area contributed by atoms with Crippen LogP contribution in [0.5, 0.6) is 0 Å². The second-order valence-electron chi connectivity index (χ2n) is 0. The summed E-state index contributed by atoms with van der Waals surface area (Å²) in [5.74, 6) is 0. The fourth-order valence-corrected chi connectivity index (χ4v) is 0. The molecule has 0 saturated carbocycles. The van der Waals surface area contributed by atoms with Crippen molar-refractivity contribution in [3.63, 3.8) is 0 Å². The van der Waals surface area contributed by atoms with Gasteiger partial charge in [0, 0.05) is 0 Å². The molecule has 0 aliphatic heterocycles. The third-order valence-electron chi connectivity index (χ3n) is 0. The van der Waals surface area contributed by atoms with Crippen LogP contribution in [0.25, 0.3) is 0 Å². The molecule has 0 saturated heterocycles. The van der Waals surface area contributed by atoms with Gasteiger partial charge in [0.1, 0.15) is 0 Å². The van der Waals surface area contributed by atoms with Crippen molar-refractivity contribution in [1.29, 1.82) is 0 Å². The molecule has 0 radical (unpaired) electrons. The van der Waals surface area contributed by atoms with Gasteiger partial charge in [-0.2, -0.15) is 0 Å². The van der Waals surface area contributed by atoms with Crippen LogP contribution in [-0.4, -0.2) is 86.0 Å².